The standard InChI is InChI=1S/C7H15NO3S/c1-4-11-12(9,10)7-5-6-8(2)3/h5,7H,4,6H2,1-3H3. The lowest BCUT2D eigenvalue weighted by atomic mass is 10.6. The molecule has 72 valence electrons. The molecule has 0 atom stereocenters. The van der Waals surface area contributed by atoms with Crippen LogP contribution in [0.25, 0.3) is 0 Å². The third-order valence-corrected chi connectivity index (χ3v) is 2.11. The average Bonchev–Trinajstić information content (AvgIpc) is 1.85. The molecule has 0 aromatic carbocycles. The van der Waals surface area contributed by atoms with Gasteiger partial charge in [0, 0.05) is 6.54 Å². The maximum Gasteiger partial charge on any atom is 0.289 e. The van der Waals surface area contributed by atoms with E-state index >= 15 is 0 Å². The van der Waals surface area contributed by atoms with E-state index in [2.05, 4.69) is 4.18 Å². The SMILES string of the molecule is CCOS(=O)(=O)C=CCN(C)C. The second-order valence-corrected chi connectivity index (χ2v) is 4.03. The van der Waals surface area contributed by atoms with Crippen LogP contribution in [0.3, 0.4) is 0 Å². The Morgan fingerprint density at radius 2 is 2.00 bits per heavy atom. The molecule has 0 saturated heterocycles. The minimum atomic E-state index is -3.43. The van der Waals surface area contributed by atoms with Crippen LogP contribution in [0.4, 0.5) is 0 Å². The lowest BCUT2D eigenvalue weighted by molar-refractivity contribution is 0.344. The molecule has 4 nitrogen and oxygen atoms in total. The van der Waals surface area contributed by atoms with Crippen molar-refractivity contribution in [2.24, 2.45) is 0 Å². The van der Waals surface area contributed by atoms with E-state index < -0.39 is 10.1 Å². The Kier molecular flexibility index (Phi) is 5.12. The highest BCUT2D eigenvalue weighted by atomic mass is 32.2. The molecular formula is C7H15NO3S. The normalized spacial score (nSPS) is 13.0. The average molecular weight is 193 g/mol. The first-order valence-corrected chi connectivity index (χ1v) is 5.16. The third-order valence-electron chi connectivity index (χ3n) is 1.02. The van der Waals surface area contributed by atoms with Gasteiger partial charge in [0.15, 0.2) is 0 Å². The molecule has 0 aromatic heterocycles. The molecule has 0 spiro atoms. The van der Waals surface area contributed by atoms with Crippen LogP contribution in [0, 0.1) is 0 Å². The van der Waals surface area contributed by atoms with Gasteiger partial charge in [-0.1, -0.05) is 6.08 Å². The van der Waals surface area contributed by atoms with E-state index in [4.69, 9.17) is 0 Å². The quantitative estimate of drug-likeness (QED) is 0.594. The molecule has 0 radical (unpaired) electrons. The predicted molar refractivity (Wildman–Crippen MR) is 48.2 cm³/mol. The lowest BCUT2D eigenvalue weighted by Gasteiger charge is -2.03. The largest absolute Gasteiger partial charge is 0.306 e. The Labute approximate surface area is 73.9 Å². The molecule has 0 fully saturated rings. The molecule has 0 aliphatic carbocycles. The first-order chi connectivity index (χ1) is 5.48. The van der Waals surface area contributed by atoms with Gasteiger partial charge in [0.05, 0.1) is 12.0 Å². The van der Waals surface area contributed by atoms with Crippen molar-refractivity contribution in [2.45, 2.75) is 6.92 Å². The minimum absolute atomic E-state index is 0.175. The Hall–Kier alpha value is -0.390. The summed E-state index contributed by atoms with van der Waals surface area (Å²) in [5.41, 5.74) is 0. The lowest BCUT2D eigenvalue weighted by Crippen LogP contribution is -2.11. The molecule has 0 amide bonds. The van der Waals surface area contributed by atoms with Crippen molar-refractivity contribution >= 4 is 10.1 Å². The van der Waals surface area contributed by atoms with Crippen LogP contribution in [0.2, 0.25) is 0 Å². The summed E-state index contributed by atoms with van der Waals surface area (Å²) in [6.07, 6.45) is 1.55. The van der Waals surface area contributed by atoms with Gasteiger partial charge >= 0.3 is 0 Å². The van der Waals surface area contributed by atoms with Crippen LogP contribution in [-0.4, -0.2) is 40.6 Å². The first-order valence-electron chi connectivity index (χ1n) is 3.68. The zero-order valence-corrected chi connectivity index (χ0v) is 8.47. The van der Waals surface area contributed by atoms with Crippen LogP contribution < -0.4 is 0 Å². The molecule has 0 aliphatic rings. The van der Waals surface area contributed by atoms with Gasteiger partial charge in [0.25, 0.3) is 10.1 Å². The van der Waals surface area contributed by atoms with Gasteiger partial charge < -0.3 is 4.90 Å². The van der Waals surface area contributed by atoms with E-state index in [1.807, 2.05) is 19.0 Å². The smallest absolute Gasteiger partial charge is 0.289 e. The Balaban J connectivity index is 3.97. The predicted octanol–water partition coefficient (Wildman–Crippen LogP) is 0.428. The number of nitrogens with zero attached hydrogens (tertiary/aromatic N) is 1. The van der Waals surface area contributed by atoms with E-state index in [1.54, 1.807) is 13.0 Å². The van der Waals surface area contributed by atoms with Crippen molar-refractivity contribution in [3.63, 3.8) is 0 Å². The van der Waals surface area contributed by atoms with Crippen LogP contribution in [0.5, 0.6) is 0 Å². The number of rotatable bonds is 5. The van der Waals surface area contributed by atoms with Crippen molar-refractivity contribution in [1.82, 2.24) is 4.90 Å². The van der Waals surface area contributed by atoms with E-state index in [1.165, 1.54) is 0 Å². The Bertz CT molecular complexity index is 231. The fourth-order valence-corrected chi connectivity index (χ4v) is 1.30. The summed E-state index contributed by atoms with van der Waals surface area (Å²) < 4.78 is 26.2. The summed E-state index contributed by atoms with van der Waals surface area (Å²) in [5, 5.41) is 1.08. The highest BCUT2D eigenvalue weighted by Crippen LogP contribution is 1.94. The van der Waals surface area contributed by atoms with E-state index in [0.717, 1.165) is 5.41 Å². The topological polar surface area (TPSA) is 46.6 Å². The zero-order valence-electron chi connectivity index (χ0n) is 7.65. The maximum absolute atomic E-state index is 10.9. The minimum Gasteiger partial charge on any atom is -0.306 e. The molecule has 12 heavy (non-hydrogen) atoms. The van der Waals surface area contributed by atoms with E-state index in [0.29, 0.717) is 6.54 Å². The summed E-state index contributed by atoms with van der Waals surface area (Å²) in [7, 11) is 0.283. The van der Waals surface area contributed by atoms with Crippen molar-refractivity contribution in [3.05, 3.63) is 11.5 Å². The molecule has 5 heteroatoms. The Morgan fingerprint density at radius 1 is 1.42 bits per heavy atom. The molecule has 0 rings (SSSR count). The molecule has 0 N–H and O–H groups in total. The van der Waals surface area contributed by atoms with Gasteiger partial charge in [-0.25, -0.2) is 0 Å². The third kappa shape index (κ3) is 6.33. The van der Waals surface area contributed by atoms with Crippen molar-refractivity contribution < 1.29 is 12.6 Å². The van der Waals surface area contributed by atoms with Crippen LogP contribution in [0.1, 0.15) is 6.92 Å². The van der Waals surface area contributed by atoms with Gasteiger partial charge in [-0.15, -0.1) is 0 Å². The highest BCUT2D eigenvalue weighted by molar-refractivity contribution is 7.89. The zero-order chi connectivity index (χ0) is 9.61. The molecule has 0 saturated carbocycles. The molecule has 0 aliphatic heterocycles. The van der Waals surface area contributed by atoms with Crippen molar-refractivity contribution in [2.75, 3.05) is 27.2 Å². The molecule has 0 aromatic rings. The van der Waals surface area contributed by atoms with Gasteiger partial charge in [-0.2, -0.15) is 8.42 Å². The van der Waals surface area contributed by atoms with Crippen LogP contribution in [-0.2, 0) is 14.3 Å². The summed E-state index contributed by atoms with van der Waals surface area (Å²) in [4.78, 5) is 1.86. The van der Waals surface area contributed by atoms with Gasteiger partial charge in [0.2, 0.25) is 0 Å². The number of likely N-dealkylation sites (N-methyl/N-ethyl adjacent to an activating group) is 1. The summed E-state index contributed by atoms with van der Waals surface area (Å²) in [5.74, 6) is 0. The number of hydrogen-bond donors (Lipinski definition) is 0. The summed E-state index contributed by atoms with van der Waals surface area (Å²) >= 11 is 0. The van der Waals surface area contributed by atoms with E-state index in [-0.39, 0.29) is 6.61 Å². The fourth-order valence-electron chi connectivity index (χ4n) is 0.575. The van der Waals surface area contributed by atoms with Crippen LogP contribution in [0.15, 0.2) is 11.5 Å². The fraction of sp³-hybridized carbons (Fsp3) is 0.714. The van der Waals surface area contributed by atoms with Gasteiger partial charge in [0.1, 0.15) is 0 Å². The molecule has 0 heterocycles. The highest BCUT2D eigenvalue weighted by Gasteiger charge is 2.02. The van der Waals surface area contributed by atoms with Crippen molar-refractivity contribution in [1.29, 1.82) is 0 Å². The summed E-state index contributed by atoms with van der Waals surface area (Å²) in [6, 6.07) is 0. The van der Waals surface area contributed by atoms with Gasteiger partial charge in [-0.3, -0.25) is 4.18 Å². The molecular weight excluding hydrogens is 178 g/mol. The van der Waals surface area contributed by atoms with Crippen molar-refractivity contribution in [3.8, 4) is 0 Å². The molecule has 0 unspecified atom stereocenters. The first kappa shape index (κ1) is 11.6. The number of hydrogen-bond acceptors (Lipinski definition) is 4. The monoisotopic (exact) mass is 193 g/mol. The second-order valence-electron chi connectivity index (χ2n) is 2.53. The summed E-state index contributed by atoms with van der Waals surface area (Å²) in [6.45, 7) is 2.40. The maximum atomic E-state index is 10.9. The Morgan fingerprint density at radius 3 is 2.42 bits per heavy atom. The van der Waals surface area contributed by atoms with Gasteiger partial charge in [-0.05, 0) is 21.0 Å². The molecule has 0 bridgehead atoms. The van der Waals surface area contributed by atoms with Crippen LogP contribution >= 0.6 is 0 Å². The van der Waals surface area contributed by atoms with E-state index in [9.17, 15) is 8.42 Å². The second kappa shape index (κ2) is 5.29.